The van der Waals surface area contributed by atoms with Crippen LogP contribution in [0.15, 0.2) is 39.7 Å². The fourth-order valence-electron chi connectivity index (χ4n) is 2.72. The molecule has 2 heterocycles. The van der Waals surface area contributed by atoms with Gasteiger partial charge in [0.05, 0.1) is 15.5 Å². The molecule has 0 N–H and O–H groups in total. The van der Waals surface area contributed by atoms with Crippen molar-refractivity contribution in [1.82, 2.24) is 4.68 Å². The third-order valence-electron chi connectivity index (χ3n) is 3.82. The first-order valence-corrected chi connectivity index (χ1v) is 10.2. The van der Waals surface area contributed by atoms with Gasteiger partial charge < -0.3 is 4.74 Å². The van der Waals surface area contributed by atoms with Crippen LogP contribution in [-0.4, -0.2) is 21.0 Å². The maximum Gasteiger partial charge on any atom is 0.285 e. The molecule has 0 unspecified atom stereocenters. The zero-order chi connectivity index (χ0) is 19.0. The molecule has 1 amide bonds. The first-order chi connectivity index (χ1) is 12.3. The molecule has 0 aliphatic carbocycles. The van der Waals surface area contributed by atoms with Crippen molar-refractivity contribution in [1.29, 1.82) is 0 Å². The average molecular weight is 451 g/mol. The minimum absolute atomic E-state index is 0.0986. The summed E-state index contributed by atoms with van der Waals surface area (Å²) in [4.78, 5) is 13.5. The number of ether oxygens (including phenoxy) is 1. The van der Waals surface area contributed by atoms with E-state index in [9.17, 15) is 4.79 Å². The van der Waals surface area contributed by atoms with Gasteiger partial charge in [-0.3, -0.25) is 9.47 Å². The molecule has 1 fully saturated rings. The summed E-state index contributed by atoms with van der Waals surface area (Å²) >= 11 is 10.3. The van der Waals surface area contributed by atoms with Crippen LogP contribution in [0.3, 0.4) is 0 Å². The van der Waals surface area contributed by atoms with E-state index >= 15 is 0 Å². The van der Waals surface area contributed by atoms with Gasteiger partial charge in [0.2, 0.25) is 0 Å². The van der Waals surface area contributed by atoms with Gasteiger partial charge in [-0.25, -0.2) is 0 Å². The van der Waals surface area contributed by atoms with E-state index in [0.717, 1.165) is 27.2 Å². The highest BCUT2D eigenvalue weighted by Gasteiger charge is 2.34. The molecule has 0 saturated carbocycles. The monoisotopic (exact) mass is 450 g/mol. The van der Waals surface area contributed by atoms with Gasteiger partial charge in [0.1, 0.15) is 5.75 Å². The molecule has 1 aromatic carbocycles. The minimum Gasteiger partial charge on any atom is -0.490 e. The van der Waals surface area contributed by atoms with E-state index in [1.807, 2.05) is 68.8 Å². The largest absolute Gasteiger partial charge is 0.490 e. The number of carbonyl (C=O) groups is 1. The molecular weight excluding hydrogens is 432 g/mol. The van der Waals surface area contributed by atoms with Crippen LogP contribution in [0.4, 0.5) is 0 Å². The van der Waals surface area contributed by atoms with Crippen LogP contribution in [0.5, 0.6) is 5.75 Å². The number of carbonyl (C=O) groups excluding carboxylic acids is 1. The Balaban J connectivity index is 1.90. The number of halogens is 1. The number of rotatable bonds is 4. The van der Waals surface area contributed by atoms with Gasteiger partial charge in [0, 0.05) is 11.4 Å². The standard InChI is InChI=1S/C19H19BrN2O2S2/c1-11(2)24-16-8-7-14(9-15(16)20)10-17-18(23)22(19(25)26-17)21-12(3)5-6-13(21)4/h5-11H,1-4H3/b17-10-. The number of aromatic nitrogens is 1. The third-order valence-corrected chi connectivity index (χ3v) is 5.73. The lowest BCUT2D eigenvalue weighted by molar-refractivity contribution is -0.114. The van der Waals surface area contributed by atoms with E-state index in [2.05, 4.69) is 15.9 Å². The summed E-state index contributed by atoms with van der Waals surface area (Å²) in [6, 6.07) is 9.72. The molecule has 1 saturated heterocycles. The molecule has 26 heavy (non-hydrogen) atoms. The molecule has 136 valence electrons. The van der Waals surface area contributed by atoms with Crippen molar-refractivity contribution in [2.75, 3.05) is 5.01 Å². The van der Waals surface area contributed by atoms with Gasteiger partial charge in [0.15, 0.2) is 4.32 Å². The number of hydrogen-bond donors (Lipinski definition) is 0. The second-order valence-electron chi connectivity index (χ2n) is 6.28. The summed E-state index contributed by atoms with van der Waals surface area (Å²) in [5, 5.41) is 1.56. The van der Waals surface area contributed by atoms with Crippen molar-refractivity contribution < 1.29 is 9.53 Å². The van der Waals surface area contributed by atoms with Crippen LogP contribution >= 0.6 is 39.9 Å². The van der Waals surface area contributed by atoms with Crippen molar-refractivity contribution in [2.45, 2.75) is 33.8 Å². The van der Waals surface area contributed by atoms with Gasteiger partial charge in [-0.05, 0) is 91.7 Å². The van der Waals surface area contributed by atoms with E-state index in [-0.39, 0.29) is 12.0 Å². The zero-order valence-corrected chi connectivity index (χ0v) is 18.2. The highest BCUT2D eigenvalue weighted by Crippen LogP contribution is 2.34. The maximum atomic E-state index is 12.9. The van der Waals surface area contributed by atoms with Crippen LogP contribution < -0.4 is 9.75 Å². The molecule has 0 bridgehead atoms. The molecule has 3 rings (SSSR count). The Hall–Kier alpha value is -1.57. The molecule has 0 spiro atoms. The molecule has 0 radical (unpaired) electrons. The number of amides is 1. The average Bonchev–Trinajstić information content (AvgIpc) is 3.01. The van der Waals surface area contributed by atoms with E-state index in [0.29, 0.717) is 9.23 Å². The SMILES string of the molecule is Cc1ccc(C)n1N1C(=O)/C(=C/c2ccc(OC(C)C)c(Br)c2)SC1=S. The first-order valence-electron chi connectivity index (χ1n) is 8.17. The molecule has 1 aliphatic rings. The van der Waals surface area contributed by atoms with Crippen molar-refractivity contribution >= 4 is 56.2 Å². The summed E-state index contributed by atoms with van der Waals surface area (Å²) in [7, 11) is 0. The number of nitrogens with zero attached hydrogens (tertiary/aromatic N) is 2. The number of aryl methyl sites for hydroxylation is 2. The summed E-state index contributed by atoms with van der Waals surface area (Å²) in [5.74, 6) is 0.671. The van der Waals surface area contributed by atoms with Crippen LogP contribution in [0, 0.1) is 13.8 Å². The van der Waals surface area contributed by atoms with E-state index in [1.165, 1.54) is 11.8 Å². The highest BCUT2D eigenvalue weighted by molar-refractivity contribution is 9.10. The summed E-state index contributed by atoms with van der Waals surface area (Å²) < 4.78 is 8.97. The lowest BCUT2D eigenvalue weighted by Gasteiger charge is -2.20. The summed E-state index contributed by atoms with van der Waals surface area (Å²) in [6.07, 6.45) is 1.96. The van der Waals surface area contributed by atoms with Crippen LogP contribution in [-0.2, 0) is 4.79 Å². The van der Waals surface area contributed by atoms with Crippen molar-refractivity contribution in [3.05, 3.63) is 56.7 Å². The van der Waals surface area contributed by atoms with Crippen molar-refractivity contribution in [3.63, 3.8) is 0 Å². The molecule has 2 aromatic rings. The Morgan fingerprint density at radius 2 is 1.85 bits per heavy atom. The van der Waals surface area contributed by atoms with Crippen LogP contribution in [0.1, 0.15) is 30.8 Å². The molecule has 7 heteroatoms. The fourth-order valence-corrected chi connectivity index (χ4v) is 4.45. The van der Waals surface area contributed by atoms with Gasteiger partial charge in [0.25, 0.3) is 5.91 Å². The molecule has 0 atom stereocenters. The van der Waals surface area contributed by atoms with Gasteiger partial charge in [-0.2, -0.15) is 5.01 Å². The summed E-state index contributed by atoms with van der Waals surface area (Å²) in [6.45, 7) is 7.88. The molecule has 1 aromatic heterocycles. The third kappa shape index (κ3) is 3.75. The van der Waals surface area contributed by atoms with Crippen molar-refractivity contribution in [3.8, 4) is 5.75 Å². The number of hydrogen-bond acceptors (Lipinski definition) is 4. The molecule has 1 aliphatic heterocycles. The Morgan fingerprint density at radius 3 is 2.42 bits per heavy atom. The lowest BCUT2D eigenvalue weighted by atomic mass is 10.2. The second kappa shape index (κ2) is 7.58. The van der Waals surface area contributed by atoms with E-state index in [1.54, 1.807) is 5.01 Å². The smallest absolute Gasteiger partial charge is 0.285 e. The fraction of sp³-hybridized carbons (Fsp3) is 0.263. The highest BCUT2D eigenvalue weighted by atomic mass is 79.9. The quantitative estimate of drug-likeness (QED) is 0.473. The van der Waals surface area contributed by atoms with Crippen LogP contribution in [0.25, 0.3) is 6.08 Å². The van der Waals surface area contributed by atoms with E-state index < -0.39 is 0 Å². The zero-order valence-electron chi connectivity index (χ0n) is 14.9. The Morgan fingerprint density at radius 1 is 1.19 bits per heavy atom. The van der Waals surface area contributed by atoms with Crippen molar-refractivity contribution in [2.24, 2.45) is 0 Å². The summed E-state index contributed by atoms with van der Waals surface area (Å²) in [5.41, 5.74) is 2.85. The molecular formula is C19H19BrN2O2S2. The number of thioether (sulfide) groups is 1. The Kier molecular flexibility index (Phi) is 5.60. The molecule has 4 nitrogen and oxygen atoms in total. The second-order valence-corrected chi connectivity index (χ2v) is 8.81. The topological polar surface area (TPSA) is 34.5 Å². The predicted molar refractivity (Wildman–Crippen MR) is 115 cm³/mol. The van der Waals surface area contributed by atoms with Gasteiger partial charge >= 0.3 is 0 Å². The Bertz CT molecular complexity index is 899. The maximum absolute atomic E-state index is 12.9. The Labute approximate surface area is 171 Å². The van der Waals surface area contributed by atoms with Gasteiger partial charge in [-0.15, -0.1) is 0 Å². The minimum atomic E-state index is -0.110. The van der Waals surface area contributed by atoms with Crippen LogP contribution in [0.2, 0.25) is 0 Å². The van der Waals surface area contributed by atoms with E-state index in [4.69, 9.17) is 17.0 Å². The number of thiocarbonyl (C=S) groups is 1. The number of benzene rings is 1. The first kappa shape index (κ1) is 19.2. The lowest BCUT2D eigenvalue weighted by Crippen LogP contribution is -2.39. The normalized spacial score (nSPS) is 16.2. The van der Waals surface area contributed by atoms with Gasteiger partial charge in [-0.1, -0.05) is 17.8 Å². The predicted octanol–water partition coefficient (Wildman–Crippen LogP) is 5.19.